The van der Waals surface area contributed by atoms with Crippen LogP contribution in [0.5, 0.6) is 0 Å². The van der Waals surface area contributed by atoms with E-state index in [0.29, 0.717) is 0 Å². The molecule has 0 saturated heterocycles. The maximum absolute atomic E-state index is 13.9. The lowest BCUT2D eigenvalue weighted by Gasteiger charge is -2.17. The quantitative estimate of drug-likeness (QED) is 0.138. The van der Waals surface area contributed by atoms with Gasteiger partial charge in [-0.15, -0.1) is 0 Å². The van der Waals surface area contributed by atoms with Crippen molar-refractivity contribution in [1.82, 2.24) is 9.13 Å². The molecular weight excluding hydrogens is 653 g/mol. The van der Waals surface area contributed by atoms with Crippen LogP contribution < -0.4 is 0 Å². The Morgan fingerprint density at radius 1 is 0.756 bits per heavy atom. The lowest BCUT2D eigenvalue weighted by Crippen LogP contribution is -2.14. The van der Waals surface area contributed by atoms with Gasteiger partial charge in [-0.2, -0.15) is 26.3 Å². The summed E-state index contributed by atoms with van der Waals surface area (Å²) in [4.78, 5) is 25.2. The van der Waals surface area contributed by atoms with Crippen LogP contribution in [0.15, 0.2) is 48.5 Å². The second kappa shape index (κ2) is 12.8. The van der Waals surface area contributed by atoms with Gasteiger partial charge >= 0.3 is 24.3 Å². The number of aliphatic hydroxyl groups is 1. The Hall–Kier alpha value is -3.94. The summed E-state index contributed by atoms with van der Waals surface area (Å²) in [5.74, 6) is -2.56. The summed E-state index contributed by atoms with van der Waals surface area (Å²) >= 11 is 12.8. The monoisotopic (exact) mass is 676 g/mol. The number of aliphatic hydroxyl groups excluding tert-OH is 1. The van der Waals surface area contributed by atoms with E-state index in [1.54, 1.807) is 0 Å². The highest BCUT2D eigenvalue weighted by Crippen LogP contribution is 2.43. The number of aromatic nitrogens is 2. The first-order valence-corrected chi connectivity index (χ1v) is 13.9. The number of carboxylic acids is 1. The lowest BCUT2D eigenvalue weighted by molar-refractivity contribution is -0.137. The van der Waals surface area contributed by atoms with Gasteiger partial charge in [-0.25, -0.2) is 9.59 Å². The van der Waals surface area contributed by atoms with E-state index in [4.69, 9.17) is 27.9 Å². The van der Waals surface area contributed by atoms with Crippen LogP contribution in [0, 0.1) is 13.8 Å². The van der Waals surface area contributed by atoms with E-state index in [1.165, 1.54) is 44.2 Å². The van der Waals surface area contributed by atoms with Gasteiger partial charge in [-0.3, -0.25) is 0 Å². The molecule has 7 nitrogen and oxygen atoms in total. The van der Waals surface area contributed by atoms with Crippen molar-refractivity contribution >= 4 is 35.1 Å². The van der Waals surface area contributed by atoms with Crippen molar-refractivity contribution in [1.29, 1.82) is 0 Å². The molecule has 0 fully saturated rings. The molecule has 240 valence electrons. The summed E-state index contributed by atoms with van der Waals surface area (Å²) in [5.41, 5.74) is -3.68. The first kappa shape index (κ1) is 33.9. The summed E-state index contributed by atoms with van der Waals surface area (Å²) in [6.45, 7) is 0.945. The minimum atomic E-state index is -4.79. The molecule has 2 aromatic carbocycles. The van der Waals surface area contributed by atoms with Crippen LogP contribution in [-0.4, -0.2) is 44.5 Å². The van der Waals surface area contributed by atoms with Crippen molar-refractivity contribution in [2.45, 2.75) is 39.3 Å². The molecule has 2 aromatic heterocycles. The number of ether oxygens (including phenoxy) is 1. The number of nitrogens with zero attached hydrogens (tertiary/aromatic N) is 2. The molecule has 15 heteroatoms. The second-order valence-corrected chi connectivity index (χ2v) is 10.5. The summed E-state index contributed by atoms with van der Waals surface area (Å²) in [6, 6.07) is 9.12. The molecule has 0 bridgehead atoms. The van der Waals surface area contributed by atoms with E-state index in [2.05, 4.69) is 0 Å². The third-order valence-corrected chi connectivity index (χ3v) is 7.94. The summed E-state index contributed by atoms with van der Waals surface area (Å²) < 4.78 is 90.7. The molecule has 2 heterocycles. The van der Waals surface area contributed by atoms with Crippen molar-refractivity contribution in [3.8, 4) is 22.5 Å². The van der Waals surface area contributed by atoms with E-state index >= 15 is 0 Å². The predicted molar refractivity (Wildman–Crippen MR) is 154 cm³/mol. The van der Waals surface area contributed by atoms with E-state index in [9.17, 15) is 46.1 Å². The Kier molecular flexibility index (Phi) is 9.67. The molecule has 0 aliphatic rings. The fraction of sp³-hybridized carbons (Fsp3) is 0.267. The largest absolute Gasteiger partial charge is 0.478 e. The third kappa shape index (κ3) is 6.42. The zero-order chi connectivity index (χ0) is 33.4. The number of esters is 1. The van der Waals surface area contributed by atoms with Gasteiger partial charge in [0.05, 0.1) is 41.2 Å². The van der Waals surface area contributed by atoms with Crippen molar-refractivity contribution in [2.75, 3.05) is 13.2 Å². The number of hydrogen-bond donors (Lipinski definition) is 2. The van der Waals surface area contributed by atoms with Gasteiger partial charge in [0, 0.05) is 17.7 Å². The number of rotatable bonds is 9. The molecule has 0 radical (unpaired) electrons. The Balaban J connectivity index is 1.73. The molecule has 0 aliphatic heterocycles. The van der Waals surface area contributed by atoms with Crippen LogP contribution in [0.1, 0.15) is 43.0 Å². The SMILES string of the molecule is Cc1c(C(=O)O)c(Cl)n(CCOC(=O)c2c(C)c(-c3ccccc3C(F)(F)F)n(CCO)c2Cl)c1-c1ccccc1C(F)(F)F. The summed E-state index contributed by atoms with van der Waals surface area (Å²) in [7, 11) is 0. The van der Waals surface area contributed by atoms with Crippen molar-refractivity contribution in [2.24, 2.45) is 0 Å². The van der Waals surface area contributed by atoms with E-state index in [-0.39, 0.29) is 50.9 Å². The minimum absolute atomic E-state index is 0.0259. The zero-order valence-electron chi connectivity index (χ0n) is 23.5. The number of benzene rings is 2. The number of alkyl halides is 6. The maximum Gasteiger partial charge on any atom is 0.417 e. The van der Waals surface area contributed by atoms with E-state index in [1.807, 2.05) is 0 Å². The minimum Gasteiger partial charge on any atom is -0.478 e. The molecule has 45 heavy (non-hydrogen) atoms. The standard InChI is InChI=1S/C30H24Cl2F6N2O5/c1-15-21(27(42)43)25(31)40(23(15)17-7-3-5-9-19(17)29(33,34)35)12-14-45-28(44)22-16(2)24(39(11-13-41)26(22)32)18-8-4-6-10-20(18)30(36,37)38/h3-10,41H,11-14H2,1-2H3,(H,42,43). The predicted octanol–water partition coefficient (Wildman–Crippen LogP) is 8.13. The van der Waals surface area contributed by atoms with Gasteiger partial charge in [0.1, 0.15) is 22.5 Å². The fourth-order valence-electron chi connectivity index (χ4n) is 5.29. The van der Waals surface area contributed by atoms with Gasteiger partial charge in [0.25, 0.3) is 0 Å². The summed E-state index contributed by atoms with van der Waals surface area (Å²) in [5, 5.41) is 18.6. The van der Waals surface area contributed by atoms with Gasteiger partial charge in [0.2, 0.25) is 0 Å². The molecule has 0 spiro atoms. The number of halogens is 8. The number of carbonyl (C=O) groups excluding carboxylic acids is 1. The fourth-order valence-corrected chi connectivity index (χ4v) is 6.07. The molecule has 0 amide bonds. The molecule has 0 atom stereocenters. The third-order valence-electron chi connectivity index (χ3n) is 7.15. The van der Waals surface area contributed by atoms with Gasteiger partial charge in [0.15, 0.2) is 0 Å². The second-order valence-electron chi connectivity index (χ2n) is 9.83. The highest BCUT2D eigenvalue weighted by atomic mass is 35.5. The smallest absolute Gasteiger partial charge is 0.417 e. The van der Waals surface area contributed by atoms with E-state index in [0.717, 1.165) is 27.3 Å². The molecule has 0 saturated carbocycles. The highest BCUT2D eigenvalue weighted by molar-refractivity contribution is 6.34. The highest BCUT2D eigenvalue weighted by Gasteiger charge is 2.37. The molecular formula is C30H24Cl2F6N2O5. The zero-order valence-corrected chi connectivity index (χ0v) is 25.0. The Labute approximate surface area is 262 Å². The molecule has 4 aromatic rings. The first-order chi connectivity index (χ1) is 21.0. The van der Waals surface area contributed by atoms with Crippen molar-refractivity contribution in [3.05, 3.63) is 92.2 Å². The van der Waals surface area contributed by atoms with Crippen LogP contribution in [0.3, 0.4) is 0 Å². The Bertz CT molecular complexity index is 1780. The van der Waals surface area contributed by atoms with Crippen LogP contribution in [-0.2, 0) is 30.2 Å². The topological polar surface area (TPSA) is 93.7 Å². The first-order valence-electron chi connectivity index (χ1n) is 13.1. The average molecular weight is 677 g/mol. The van der Waals surface area contributed by atoms with Crippen LogP contribution in [0.2, 0.25) is 10.3 Å². The van der Waals surface area contributed by atoms with Crippen molar-refractivity contribution in [3.63, 3.8) is 0 Å². The lowest BCUT2D eigenvalue weighted by atomic mass is 10.00. The number of carbonyl (C=O) groups is 2. The number of hydrogen-bond acceptors (Lipinski definition) is 4. The Morgan fingerprint density at radius 2 is 1.18 bits per heavy atom. The number of aromatic carboxylic acids is 1. The van der Waals surface area contributed by atoms with Gasteiger partial charge in [-0.05, 0) is 37.1 Å². The molecule has 2 N–H and O–H groups in total. The molecule has 0 unspecified atom stereocenters. The molecule has 4 rings (SSSR count). The maximum atomic E-state index is 13.9. The average Bonchev–Trinajstić information content (AvgIpc) is 3.35. The Morgan fingerprint density at radius 3 is 1.62 bits per heavy atom. The van der Waals surface area contributed by atoms with Crippen LogP contribution >= 0.6 is 23.2 Å². The normalized spacial score (nSPS) is 12.1. The van der Waals surface area contributed by atoms with Crippen LogP contribution in [0.25, 0.3) is 22.5 Å². The van der Waals surface area contributed by atoms with E-state index < -0.39 is 65.9 Å². The van der Waals surface area contributed by atoms with Gasteiger partial charge < -0.3 is 24.1 Å². The van der Waals surface area contributed by atoms with Crippen LogP contribution in [0.4, 0.5) is 26.3 Å². The van der Waals surface area contributed by atoms with Gasteiger partial charge in [-0.1, -0.05) is 59.6 Å². The molecule has 0 aliphatic carbocycles. The summed E-state index contributed by atoms with van der Waals surface area (Å²) in [6.07, 6.45) is -9.55. The number of carboxylic acid groups (broad SMARTS) is 1. The van der Waals surface area contributed by atoms with Crippen molar-refractivity contribution < 1.29 is 50.9 Å².